The fourth-order valence-electron chi connectivity index (χ4n) is 5.03. The number of nitrogens with one attached hydrogen (secondary N) is 1. The highest BCUT2D eigenvalue weighted by Crippen LogP contribution is 2.50. The van der Waals surface area contributed by atoms with Gasteiger partial charge in [0.1, 0.15) is 0 Å². The number of nitrogens with zero attached hydrogens (tertiary/aromatic N) is 1. The largest absolute Gasteiger partial charge is 0.358 e. The number of aryl methyl sites for hydroxylation is 1. The number of fused-ring (bicyclic) bond motifs is 3. The average Bonchev–Trinajstić information content (AvgIpc) is 2.67. The highest BCUT2D eigenvalue weighted by molar-refractivity contribution is 6.02. The number of carbonyl (C=O) groups excluding carboxylic acids is 1. The van der Waals surface area contributed by atoms with E-state index in [0.717, 1.165) is 48.9 Å². The molecule has 2 aromatic rings. The molecule has 3 nitrogen and oxygen atoms in total. The lowest BCUT2D eigenvalue weighted by Crippen LogP contribution is -2.30. The molecule has 2 aliphatic carbocycles. The number of benzene rings is 1. The topological polar surface area (TPSA) is 42.0 Å². The lowest BCUT2D eigenvalue weighted by atomic mass is 9.69. The van der Waals surface area contributed by atoms with Crippen molar-refractivity contribution in [1.82, 2.24) is 4.98 Å². The molecule has 3 aliphatic rings. The van der Waals surface area contributed by atoms with E-state index in [1.165, 1.54) is 22.3 Å². The van der Waals surface area contributed by atoms with Gasteiger partial charge in [0, 0.05) is 40.4 Å². The van der Waals surface area contributed by atoms with E-state index >= 15 is 0 Å². The number of ketones is 1. The summed E-state index contributed by atoms with van der Waals surface area (Å²) in [6.07, 6.45) is 10.6. The first-order valence-electron chi connectivity index (χ1n) is 9.81. The normalized spacial score (nSPS) is 25.0. The zero-order valence-electron chi connectivity index (χ0n) is 15.2. The van der Waals surface area contributed by atoms with Crippen LogP contribution in [0.4, 0.5) is 5.69 Å². The van der Waals surface area contributed by atoms with Crippen LogP contribution in [0, 0.1) is 12.8 Å². The van der Waals surface area contributed by atoms with E-state index in [-0.39, 0.29) is 5.92 Å². The van der Waals surface area contributed by atoms with Gasteiger partial charge in [0.25, 0.3) is 0 Å². The second-order valence-electron chi connectivity index (χ2n) is 7.86. The van der Waals surface area contributed by atoms with Crippen LogP contribution in [0.2, 0.25) is 0 Å². The molecule has 5 rings (SSSR count). The SMILES string of the molecule is Cc1ccc2c3c(ccc2n1)NC1=C(C(=O)CCC1)[C@H]3[C@H]1CC=CCC1. The molecule has 0 saturated heterocycles. The van der Waals surface area contributed by atoms with Crippen LogP contribution in [0.25, 0.3) is 10.9 Å². The van der Waals surface area contributed by atoms with Crippen molar-refractivity contribution in [2.75, 3.05) is 5.32 Å². The van der Waals surface area contributed by atoms with Crippen molar-refractivity contribution in [2.24, 2.45) is 5.92 Å². The Hall–Kier alpha value is -2.42. The van der Waals surface area contributed by atoms with Gasteiger partial charge in [-0.15, -0.1) is 0 Å². The summed E-state index contributed by atoms with van der Waals surface area (Å²) in [5, 5.41) is 4.82. The molecule has 0 radical (unpaired) electrons. The van der Waals surface area contributed by atoms with Gasteiger partial charge in [-0.2, -0.15) is 0 Å². The summed E-state index contributed by atoms with van der Waals surface area (Å²) < 4.78 is 0. The summed E-state index contributed by atoms with van der Waals surface area (Å²) in [6.45, 7) is 2.03. The summed E-state index contributed by atoms with van der Waals surface area (Å²) in [5.74, 6) is 1.05. The third-order valence-corrected chi connectivity index (χ3v) is 6.20. The lowest BCUT2D eigenvalue weighted by Gasteiger charge is -2.39. The molecule has 1 N–H and O–H groups in total. The van der Waals surface area contributed by atoms with Crippen molar-refractivity contribution in [3.05, 3.63) is 58.9 Å². The van der Waals surface area contributed by atoms with Crippen LogP contribution in [0.5, 0.6) is 0 Å². The number of allylic oxidation sites excluding steroid dienone is 4. The second-order valence-corrected chi connectivity index (χ2v) is 7.86. The zero-order chi connectivity index (χ0) is 17.7. The van der Waals surface area contributed by atoms with Crippen LogP contribution >= 0.6 is 0 Å². The van der Waals surface area contributed by atoms with E-state index < -0.39 is 0 Å². The number of rotatable bonds is 1. The third kappa shape index (κ3) is 2.41. The summed E-state index contributed by atoms with van der Waals surface area (Å²) in [4.78, 5) is 17.7. The number of anilines is 1. The molecule has 0 bridgehead atoms. The molecule has 0 saturated carbocycles. The maximum Gasteiger partial charge on any atom is 0.161 e. The third-order valence-electron chi connectivity index (χ3n) is 6.20. The van der Waals surface area contributed by atoms with Gasteiger partial charge in [-0.05, 0) is 68.7 Å². The van der Waals surface area contributed by atoms with Crippen LogP contribution in [0.3, 0.4) is 0 Å². The fourth-order valence-corrected chi connectivity index (χ4v) is 5.03. The molecule has 1 aromatic carbocycles. The molecule has 0 spiro atoms. The molecule has 132 valence electrons. The molecule has 0 unspecified atom stereocenters. The summed E-state index contributed by atoms with van der Waals surface area (Å²) in [6, 6.07) is 8.57. The summed E-state index contributed by atoms with van der Waals surface area (Å²) in [7, 11) is 0. The predicted molar refractivity (Wildman–Crippen MR) is 105 cm³/mol. The van der Waals surface area contributed by atoms with Crippen LogP contribution < -0.4 is 5.32 Å². The van der Waals surface area contributed by atoms with E-state index in [2.05, 4.69) is 41.7 Å². The number of pyridine rings is 1. The maximum atomic E-state index is 13.0. The van der Waals surface area contributed by atoms with E-state index in [0.29, 0.717) is 18.1 Å². The fraction of sp³-hybridized carbons (Fsp3) is 0.391. The molecule has 1 aromatic heterocycles. The Morgan fingerprint density at radius 2 is 2.04 bits per heavy atom. The van der Waals surface area contributed by atoms with Gasteiger partial charge >= 0.3 is 0 Å². The number of hydrogen-bond acceptors (Lipinski definition) is 3. The number of Topliss-reactive ketones (excluding diaryl/α,β-unsaturated/α-hetero) is 1. The summed E-state index contributed by atoms with van der Waals surface area (Å²) in [5.41, 5.74) is 6.78. The molecule has 0 fully saturated rings. The standard InChI is InChI=1S/C23H24N2O/c1-14-10-11-16-17(24-14)12-13-19-22(16)21(15-6-3-2-4-7-15)23-18(25-19)8-5-9-20(23)26/h2-3,10-13,15,21,25H,4-9H2,1H3/t15-,21-/m0/s1. The second kappa shape index (κ2) is 6.08. The highest BCUT2D eigenvalue weighted by Gasteiger charge is 2.39. The molecule has 26 heavy (non-hydrogen) atoms. The highest BCUT2D eigenvalue weighted by atomic mass is 16.1. The zero-order valence-corrected chi connectivity index (χ0v) is 15.2. The number of carbonyl (C=O) groups is 1. The molecule has 3 heteroatoms. The van der Waals surface area contributed by atoms with Gasteiger partial charge in [0.2, 0.25) is 0 Å². The van der Waals surface area contributed by atoms with Gasteiger partial charge < -0.3 is 5.32 Å². The first-order chi connectivity index (χ1) is 12.7. The van der Waals surface area contributed by atoms with Gasteiger partial charge in [0.15, 0.2) is 5.78 Å². The Morgan fingerprint density at radius 3 is 2.88 bits per heavy atom. The lowest BCUT2D eigenvalue weighted by molar-refractivity contribution is -0.116. The molecule has 1 aliphatic heterocycles. The predicted octanol–water partition coefficient (Wildman–Crippen LogP) is 5.42. The Balaban J connectivity index is 1.76. The molecule has 2 heterocycles. The Morgan fingerprint density at radius 1 is 1.12 bits per heavy atom. The van der Waals surface area contributed by atoms with Crippen molar-refractivity contribution >= 4 is 22.4 Å². The number of aromatic nitrogens is 1. The van der Waals surface area contributed by atoms with Crippen molar-refractivity contribution in [3.8, 4) is 0 Å². The van der Waals surface area contributed by atoms with Crippen molar-refractivity contribution in [1.29, 1.82) is 0 Å². The molecule has 0 amide bonds. The minimum atomic E-state index is 0.201. The van der Waals surface area contributed by atoms with Crippen LogP contribution in [-0.2, 0) is 4.79 Å². The quantitative estimate of drug-likeness (QED) is 0.703. The first kappa shape index (κ1) is 15.8. The van der Waals surface area contributed by atoms with Gasteiger partial charge in [0.05, 0.1) is 5.52 Å². The van der Waals surface area contributed by atoms with Crippen LogP contribution in [0.1, 0.15) is 55.7 Å². The first-order valence-corrected chi connectivity index (χ1v) is 9.81. The minimum absolute atomic E-state index is 0.201. The van der Waals surface area contributed by atoms with Crippen LogP contribution in [-0.4, -0.2) is 10.8 Å². The van der Waals surface area contributed by atoms with E-state index in [1.807, 2.05) is 6.92 Å². The van der Waals surface area contributed by atoms with Gasteiger partial charge in [-0.1, -0.05) is 18.2 Å². The monoisotopic (exact) mass is 344 g/mol. The van der Waals surface area contributed by atoms with Crippen molar-refractivity contribution in [2.45, 2.75) is 51.4 Å². The van der Waals surface area contributed by atoms with Crippen LogP contribution in [0.15, 0.2) is 47.7 Å². The van der Waals surface area contributed by atoms with E-state index in [1.54, 1.807) is 0 Å². The van der Waals surface area contributed by atoms with Gasteiger partial charge in [-0.25, -0.2) is 0 Å². The van der Waals surface area contributed by atoms with E-state index in [9.17, 15) is 4.79 Å². The molecular weight excluding hydrogens is 320 g/mol. The maximum absolute atomic E-state index is 13.0. The Bertz CT molecular complexity index is 970. The summed E-state index contributed by atoms with van der Waals surface area (Å²) >= 11 is 0. The van der Waals surface area contributed by atoms with Gasteiger partial charge in [-0.3, -0.25) is 9.78 Å². The minimum Gasteiger partial charge on any atom is -0.358 e. The Labute approximate surface area is 154 Å². The molecular formula is C23H24N2O. The average molecular weight is 344 g/mol. The number of hydrogen-bond donors (Lipinski definition) is 1. The molecule has 2 atom stereocenters. The Kier molecular flexibility index (Phi) is 3.70. The van der Waals surface area contributed by atoms with E-state index in [4.69, 9.17) is 4.98 Å². The van der Waals surface area contributed by atoms with Crippen molar-refractivity contribution in [3.63, 3.8) is 0 Å². The smallest absolute Gasteiger partial charge is 0.161 e. The van der Waals surface area contributed by atoms with Crippen molar-refractivity contribution < 1.29 is 4.79 Å².